The van der Waals surface area contributed by atoms with E-state index in [1.807, 2.05) is 13.1 Å². The van der Waals surface area contributed by atoms with E-state index in [0.29, 0.717) is 25.0 Å². The van der Waals surface area contributed by atoms with Crippen molar-refractivity contribution in [2.75, 3.05) is 26.8 Å². The molecule has 2 nitrogen and oxygen atoms in total. The van der Waals surface area contributed by atoms with Crippen LogP contribution in [0.5, 0.6) is 0 Å². The van der Waals surface area contributed by atoms with Gasteiger partial charge in [0.15, 0.2) is 0 Å². The average Bonchev–Trinajstić information content (AvgIpc) is 2.31. The summed E-state index contributed by atoms with van der Waals surface area (Å²) in [5.74, 6) is 0.693. The topological polar surface area (TPSA) is 21.3 Å². The first-order chi connectivity index (χ1) is 9.01. The van der Waals surface area contributed by atoms with Crippen LogP contribution in [0.25, 0.3) is 0 Å². The highest BCUT2D eigenvalue weighted by Crippen LogP contribution is 2.44. The van der Waals surface area contributed by atoms with Gasteiger partial charge in [0.2, 0.25) is 0 Å². The monoisotopic (exact) mass is 329 g/mol. The highest BCUT2D eigenvalue weighted by molar-refractivity contribution is 9.10. The number of ether oxygens (including phenoxy) is 1. The molecule has 1 atom stereocenters. The Morgan fingerprint density at radius 1 is 1.42 bits per heavy atom. The van der Waals surface area contributed by atoms with Crippen molar-refractivity contribution < 1.29 is 9.13 Å². The first-order valence-corrected chi connectivity index (χ1v) is 7.48. The Hall–Kier alpha value is -0.450. The van der Waals surface area contributed by atoms with Crippen LogP contribution in [0, 0.1) is 17.7 Å². The zero-order chi connectivity index (χ0) is 14.0. The van der Waals surface area contributed by atoms with E-state index in [9.17, 15) is 4.39 Å². The summed E-state index contributed by atoms with van der Waals surface area (Å²) < 4.78 is 20.6. The van der Waals surface area contributed by atoms with Crippen molar-refractivity contribution in [3.63, 3.8) is 0 Å². The van der Waals surface area contributed by atoms with Crippen molar-refractivity contribution in [2.24, 2.45) is 11.8 Å². The minimum absolute atomic E-state index is 0.131. The van der Waals surface area contributed by atoms with Gasteiger partial charge in [-0.05, 0) is 43.6 Å². The number of hydrogen-bond acceptors (Lipinski definition) is 2. The van der Waals surface area contributed by atoms with Gasteiger partial charge in [0.25, 0.3) is 0 Å². The molecule has 1 aliphatic rings. The molecule has 1 aromatic rings. The van der Waals surface area contributed by atoms with Crippen molar-refractivity contribution in [3.05, 3.63) is 34.1 Å². The van der Waals surface area contributed by atoms with E-state index in [2.05, 4.69) is 35.1 Å². The zero-order valence-electron chi connectivity index (χ0n) is 11.7. The van der Waals surface area contributed by atoms with E-state index in [1.54, 1.807) is 6.07 Å². The predicted octanol–water partition coefficient (Wildman–Crippen LogP) is 3.35. The summed E-state index contributed by atoms with van der Waals surface area (Å²) in [7, 11) is 1.94. The molecule has 1 unspecified atom stereocenters. The number of hydrogen-bond donors (Lipinski definition) is 1. The molecule has 2 rings (SSSR count). The van der Waals surface area contributed by atoms with Crippen molar-refractivity contribution in [3.8, 4) is 0 Å². The predicted molar refractivity (Wildman–Crippen MR) is 78.9 cm³/mol. The van der Waals surface area contributed by atoms with E-state index >= 15 is 0 Å². The van der Waals surface area contributed by atoms with Gasteiger partial charge in [-0.25, -0.2) is 4.39 Å². The summed E-state index contributed by atoms with van der Waals surface area (Å²) in [6, 6.07) is 5.19. The van der Waals surface area contributed by atoms with Crippen LogP contribution in [-0.4, -0.2) is 26.8 Å². The number of benzene rings is 1. The maximum absolute atomic E-state index is 14.3. The Kier molecular flexibility index (Phi) is 4.64. The average molecular weight is 330 g/mol. The van der Waals surface area contributed by atoms with Crippen LogP contribution in [0.3, 0.4) is 0 Å². The highest BCUT2D eigenvalue weighted by atomic mass is 79.9. The third-order valence-electron chi connectivity index (χ3n) is 4.12. The molecule has 1 heterocycles. The summed E-state index contributed by atoms with van der Waals surface area (Å²) >= 11 is 3.44. The summed E-state index contributed by atoms with van der Waals surface area (Å²) in [4.78, 5) is 0. The second-order valence-electron chi connectivity index (χ2n) is 5.68. The third kappa shape index (κ3) is 2.71. The fourth-order valence-electron chi connectivity index (χ4n) is 3.06. The van der Waals surface area contributed by atoms with Crippen LogP contribution in [-0.2, 0) is 10.2 Å². The summed E-state index contributed by atoms with van der Waals surface area (Å²) in [6.07, 6.45) is 0. The lowest BCUT2D eigenvalue weighted by Gasteiger charge is -2.49. The van der Waals surface area contributed by atoms with Crippen molar-refractivity contribution in [1.82, 2.24) is 5.32 Å². The maximum atomic E-state index is 14.3. The lowest BCUT2D eigenvalue weighted by Crippen LogP contribution is -2.56. The molecular weight excluding hydrogens is 309 g/mol. The van der Waals surface area contributed by atoms with Crippen LogP contribution < -0.4 is 5.32 Å². The molecule has 0 amide bonds. The summed E-state index contributed by atoms with van der Waals surface area (Å²) in [6.45, 7) is 6.46. The smallest absolute Gasteiger partial charge is 0.127 e. The van der Waals surface area contributed by atoms with Crippen molar-refractivity contribution in [2.45, 2.75) is 19.3 Å². The maximum Gasteiger partial charge on any atom is 0.127 e. The minimum Gasteiger partial charge on any atom is -0.379 e. The SMILES string of the molecule is CNCC(C(C)C)C1(c2cc(Br)ccc2F)COC1. The molecule has 0 bridgehead atoms. The first kappa shape index (κ1) is 14.9. The Morgan fingerprint density at radius 3 is 2.58 bits per heavy atom. The van der Waals surface area contributed by atoms with Crippen molar-refractivity contribution in [1.29, 1.82) is 0 Å². The van der Waals surface area contributed by atoms with Gasteiger partial charge in [-0.3, -0.25) is 0 Å². The van der Waals surface area contributed by atoms with E-state index < -0.39 is 0 Å². The lowest BCUT2D eigenvalue weighted by atomic mass is 9.64. The van der Waals surface area contributed by atoms with Crippen molar-refractivity contribution >= 4 is 15.9 Å². The van der Waals surface area contributed by atoms with Crippen LogP contribution in [0.2, 0.25) is 0 Å². The zero-order valence-corrected chi connectivity index (χ0v) is 13.3. The van der Waals surface area contributed by atoms with E-state index in [1.165, 1.54) is 6.07 Å². The third-order valence-corrected chi connectivity index (χ3v) is 4.62. The molecule has 1 fully saturated rings. The van der Waals surface area contributed by atoms with E-state index in [-0.39, 0.29) is 11.2 Å². The first-order valence-electron chi connectivity index (χ1n) is 6.69. The molecule has 0 aliphatic carbocycles. The van der Waals surface area contributed by atoms with Gasteiger partial charge in [0, 0.05) is 15.5 Å². The summed E-state index contributed by atoms with van der Waals surface area (Å²) in [5.41, 5.74) is 0.576. The van der Waals surface area contributed by atoms with Gasteiger partial charge in [0.1, 0.15) is 5.82 Å². The molecule has 0 radical (unpaired) electrons. The molecule has 0 spiro atoms. The van der Waals surface area contributed by atoms with E-state index in [4.69, 9.17) is 4.74 Å². The van der Waals surface area contributed by atoms with Gasteiger partial charge in [-0.1, -0.05) is 29.8 Å². The normalized spacial score (nSPS) is 19.3. The van der Waals surface area contributed by atoms with Gasteiger partial charge < -0.3 is 10.1 Å². The molecule has 4 heteroatoms. The Labute approximate surface area is 122 Å². The van der Waals surface area contributed by atoms with Gasteiger partial charge >= 0.3 is 0 Å². The standard InChI is InChI=1S/C15H21BrFNO/c1-10(2)13(7-18-3)15(8-19-9-15)12-6-11(16)4-5-14(12)17/h4-6,10,13,18H,7-9H2,1-3H3. The van der Waals surface area contributed by atoms with Gasteiger partial charge in [-0.2, -0.15) is 0 Å². The molecule has 1 aliphatic heterocycles. The molecular formula is C15H21BrFNO. The second kappa shape index (κ2) is 5.90. The van der Waals surface area contributed by atoms with E-state index in [0.717, 1.165) is 16.6 Å². The molecule has 106 valence electrons. The number of rotatable bonds is 5. The fourth-order valence-corrected chi connectivity index (χ4v) is 3.42. The Bertz CT molecular complexity index is 446. The fraction of sp³-hybridized carbons (Fsp3) is 0.600. The molecule has 1 saturated heterocycles. The molecule has 0 aromatic heterocycles. The van der Waals surface area contributed by atoms with Gasteiger partial charge in [-0.15, -0.1) is 0 Å². The van der Waals surface area contributed by atoms with Gasteiger partial charge in [0.05, 0.1) is 13.2 Å². The molecule has 0 saturated carbocycles. The number of halogens is 2. The lowest BCUT2D eigenvalue weighted by molar-refractivity contribution is -0.101. The molecule has 1 N–H and O–H groups in total. The van der Waals surface area contributed by atoms with Crippen LogP contribution >= 0.6 is 15.9 Å². The quantitative estimate of drug-likeness (QED) is 0.894. The number of nitrogens with one attached hydrogen (secondary N) is 1. The highest BCUT2D eigenvalue weighted by Gasteiger charge is 2.49. The Balaban J connectivity index is 2.43. The van der Waals surface area contributed by atoms with Crippen LogP contribution in [0.4, 0.5) is 4.39 Å². The minimum atomic E-state index is -0.203. The summed E-state index contributed by atoms with van der Waals surface area (Å²) in [5, 5.41) is 3.24. The molecule has 1 aromatic carbocycles. The molecule has 19 heavy (non-hydrogen) atoms. The van der Waals surface area contributed by atoms with Crippen LogP contribution in [0.1, 0.15) is 19.4 Å². The largest absolute Gasteiger partial charge is 0.379 e. The Morgan fingerprint density at radius 2 is 2.11 bits per heavy atom. The second-order valence-corrected chi connectivity index (χ2v) is 6.60. The van der Waals surface area contributed by atoms with Crippen LogP contribution in [0.15, 0.2) is 22.7 Å².